The lowest BCUT2D eigenvalue weighted by Crippen LogP contribution is -2.25. The van der Waals surface area contributed by atoms with Gasteiger partial charge in [0.1, 0.15) is 5.75 Å². The number of nitrogens with two attached hydrogens (primary N) is 1. The second kappa shape index (κ2) is 7.11. The molecule has 0 aliphatic heterocycles. The Balaban J connectivity index is 2.84. The number of halogens is 2. The number of benzene rings is 1. The van der Waals surface area contributed by atoms with Gasteiger partial charge in [0.25, 0.3) is 5.91 Å². The summed E-state index contributed by atoms with van der Waals surface area (Å²) < 4.78 is 7.05. The molecule has 1 rings (SSSR count). The number of hydrogen-bond acceptors (Lipinski definition) is 3. The average Bonchev–Trinajstić information content (AvgIpc) is 2.26. The maximum Gasteiger partial charge on any atom is 0.257 e. The van der Waals surface area contributed by atoms with Crippen molar-refractivity contribution in [3.63, 3.8) is 0 Å². The average molecular weight is 380 g/mol. The second-order valence-corrected chi connectivity index (χ2v) is 5.74. The van der Waals surface area contributed by atoms with Crippen LogP contribution in [0.15, 0.2) is 21.1 Å². The summed E-state index contributed by atoms with van der Waals surface area (Å²) in [4.78, 5) is 11.1. The Morgan fingerprint density at radius 1 is 1.44 bits per heavy atom. The Morgan fingerprint density at radius 3 is 2.44 bits per heavy atom. The van der Waals surface area contributed by atoms with Gasteiger partial charge in [-0.3, -0.25) is 4.79 Å². The highest BCUT2D eigenvalue weighted by Crippen LogP contribution is 2.35. The van der Waals surface area contributed by atoms with Gasteiger partial charge < -0.3 is 15.8 Å². The van der Waals surface area contributed by atoms with Crippen LogP contribution in [0, 0.1) is 0 Å². The van der Waals surface area contributed by atoms with E-state index < -0.39 is 0 Å². The van der Waals surface area contributed by atoms with Gasteiger partial charge in [-0.1, -0.05) is 0 Å². The first-order valence-electron chi connectivity index (χ1n) is 5.51. The van der Waals surface area contributed by atoms with Gasteiger partial charge in [-0.05, 0) is 62.9 Å². The Labute approximate surface area is 124 Å². The van der Waals surface area contributed by atoms with E-state index >= 15 is 0 Å². The van der Waals surface area contributed by atoms with Gasteiger partial charge in [0.2, 0.25) is 0 Å². The fraction of sp³-hybridized carbons (Fsp3) is 0.417. The third-order valence-electron chi connectivity index (χ3n) is 2.24. The minimum Gasteiger partial charge on any atom is -0.481 e. The van der Waals surface area contributed by atoms with Crippen LogP contribution in [-0.4, -0.2) is 25.6 Å². The second-order valence-electron chi connectivity index (χ2n) is 4.03. The molecule has 1 aromatic rings. The number of nitrogens with one attached hydrogen (secondary N) is 1. The zero-order chi connectivity index (χ0) is 13.7. The highest BCUT2D eigenvalue weighted by molar-refractivity contribution is 9.11. The molecule has 1 unspecified atom stereocenters. The van der Waals surface area contributed by atoms with Crippen LogP contribution in [0.4, 0.5) is 0 Å². The Bertz CT molecular complexity index is 413. The summed E-state index contributed by atoms with van der Waals surface area (Å²) >= 11 is 6.86. The molecule has 0 radical (unpaired) electrons. The van der Waals surface area contributed by atoms with Gasteiger partial charge in [-0.25, -0.2) is 0 Å². The van der Waals surface area contributed by atoms with Crippen molar-refractivity contribution in [3.8, 4) is 5.75 Å². The van der Waals surface area contributed by atoms with Crippen molar-refractivity contribution in [1.29, 1.82) is 0 Å². The van der Waals surface area contributed by atoms with E-state index in [0.717, 1.165) is 20.9 Å². The summed E-state index contributed by atoms with van der Waals surface area (Å²) in [5, 5.41) is 2.50. The van der Waals surface area contributed by atoms with Crippen LogP contribution < -0.4 is 15.8 Å². The third kappa shape index (κ3) is 4.59. The first-order chi connectivity index (χ1) is 8.43. The molecule has 0 heterocycles. The molecule has 1 atom stereocenters. The lowest BCUT2D eigenvalue weighted by atomic mass is 10.1. The van der Waals surface area contributed by atoms with E-state index in [1.54, 1.807) is 7.05 Å². The number of ether oxygens (including phenoxy) is 1. The molecule has 6 heteroatoms. The summed E-state index contributed by atoms with van der Waals surface area (Å²) in [5.41, 5.74) is 6.87. The van der Waals surface area contributed by atoms with E-state index in [-0.39, 0.29) is 18.6 Å². The lowest BCUT2D eigenvalue weighted by molar-refractivity contribution is -0.122. The van der Waals surface area contributed by atoms with Crippen molar-refractivity contribution in [2.24, 2.45) is 5.73 Å². The molecule has 18 heavy (non-hydrogen) atoms. The molecule has 3 N–H and O–H groups in total. The van der Waals surface area contributed by atoms with Gasteiger partial charge in [0.05, 0.1) is 8.95 Å². The monoisotopic (exact) mass is 378 g/mol. The molecule has 0 spiro atoms. The minimum absolute atomic E-state index is 0.0136. The smallest absolute Gasteiger partial charge is 0.257 e. The summed E-state index contributed by atoms with van der Waals surface area (Å²) in [7, 11) is 1.57. The highest BCUT2D eigenvalue weighted by atomic mass is 79.9. The molecule has 0 bridgehead atoms. The number of hydrogen-bond donors (Lipinski definition) is 2. The van der Waals surface area contributed by atoms with E-state index in [0.29, 0.717) is 5.75 Å². The SMILES string of the molecule is CNC(=O)COc1c(Br)cc(CC(C)N)cc1Br. The van der Waals surface area contributed by atoms with E-state index in [1.165, 1.54) is 0 Å². The van der Waals surface area contributed by atoms with Crippen LogP contribution in [0.2, 0.25) is 0 Å². The van der Waals surface area contributed by atoms with Gasteiger partial charge >= 0.3 is 0 Å². The summed E-state index contributed by atoms with van der Waals surface area (Å²) in [6.07, 6.45) is 0.785. The first-order valence-corrected chi connectivity index (χ1v) is 7.09. The van der Waals surface area contributed by atoms with Crippen molar-refractivity contribution in [1.82, 2.24) is 5.32 Å². The van der Waals surface area contributed by atoms with E-state index in [4.69, 9.17) is 10.5 Å². The van der Waals surface area contributed by atoms with Gasteiger partial charge in [0, 0.05) is 13.1 Å². The van der Waals surface area contributed by atoms with E-state index in [1.807, 2.05) is 19.1 Å². The molecule has 4 nitrogen and oxygen atoms in total. The predicted octanol–water partition coefficient (Wildman–Crippen LogP) is 2.23. The predicted molar refractivity (Wildman–Crippen MR) is 78.8 cm³/mol. The Morgan fingerprint density at radius 2 is 2.00 bits per heavy atom. The quantitative estimate of drug-likeness (QED) is 0.824. The maximum absolute atomic E-state index is 11.1. The van der Waals surface area contributed by atoms with Crippen LogP contribution in [-0.2, 0) is 11.2 Å². The fourth-order valence-electron chi connectivity index (χ4n) is 1.45. The van der Waals surface area contributed by atoms with Crippen molar-refractivity contribution >= 4 is 37.8 Å². The molecule has 0 aliphatic carbocycles. The topological polar surface area (TPSA) is 64.3 Å². The molecular weight excluding hydrogens is 364 g/mol. The first kappa shape index (κ1) is 15.5. The number of carbonyl (C=O) groups excluding carboxylic acids is 1. The van der Waals surface area contributed by atoms with Crippen molar-refractivity contribution in [3.05, 3.63) is 26.6 Å². The zero-order valence-electron chi connectivity index (χ0n) is 10.3. The summed E-state index contributed by atoms with van der Waals surface area (Å²) in [6.45, 7) is 1.94. The third-order valence-corrected chi connectivity index (χ3v) is 3.42. The summed E-state index contributed by atoms with van der Waals surface area (Å²) in [6, 6.07) is 4.00. The minimum atomic E-state index is -0.173. The summed E-state index contributed by atoms with van der Waals surface area (Å²) in [5.74, 6) is 0.445. The van der Waals surface area contributed by atoms with Crippen molar-refractivity contribution in [2.45, 2.75) is 19.4 Å². The van der Waals surface area contributed by atoms with Crippen molar-refractivity contribution in [2.75, 3.05) is 13.7 Å². The van der Waals surface area contributed by atoms with Crippen LogP contribution in [0.1, 0.15) is 12.5 Å². The van der Waals surface area contributed by atoms with E-state index in [9.17, 15) is 4.79 Å². The molecule has 0 saturated heterocycles. The van der Waals surface area contributed by atoms with Crippen LogP contribution in [0.25, 0.3) is 0 Å². The number of carbonyl (C=O) groups is 1. The number of likely N-dealkylation sites (N-methyl/N-ethyl adjacent to an activating group) is 1. The van der Waals surface area contributed by atoms with E-state index in [2.05, 4.69) is 37.2 Å². The molecule has 0 saturated carbocycles. The maximum atomic E-state index is 11.1. The molecule has 1 amide bonds. The molecule has 0 aromatic heterocycles. The zero-order valence-corrected chi connectivity index (χ0v) is 13.5. The van der Waals surface area contributed by atoms with Gasteiger partial charge in [0.15, 0.2) is 6.61 Å². The number of rotatable bonds is 5. The van der Waals surface area contributed by atoms with Gasteiger partial charge in [-0.15, -0.1) is 0 Å². The molecule has 0 aliphatic rings. The largest absolute Gasteiger partial charge is 0.481 e. The van der Waals surface area contributed by atoms with Crippen LogP contribution >= 0.6 is 31.9 Å². The Kier molecular flexibility index (Phi) is 6.11. The molecule has 0 fully saturated rings. The van der Waals surface area contributed by atoms with Crippen molar-refractivity contribution < 1.29 is 9.53 Å². The van der Waals surface area contributed by atoms with Crippen LogP contribution in [0.5, 0.6) is 5.75 Å². The molecular formula is C12H16Br2N2O2. The normalized spacial score (nSPS) is 12.1. The number of amides is 1. The Hall–Kier alpha value is -0.590. The lowest BCUT2D eigenvalue weighted by Gasteiger charge is -2.12. The van der Waals surface area contributed by atoms with Crippen LogP contribution in [0.3, 0.4) is 0 Å². The molecule has 1 aromatic carbocycles. The molecule has 100 valence electrons. The standard InChI is InChI=1S/C12H16Br2N2O2/c1-7(15)3-8-4-9(13)12(10(14)5-8)18-6-11(17)16-2/h4-5,7H,3,6,15H2,1-2H3,(H,16,17). The fourth-order valence-corrected chi connectivity index (χ4v) is 2.96. The van der Waals surface area contributed by atoms with Gasteiger partial charge in [-0.2, -0.15) is 0 Å². The highest BCUT2D eigenvalue weighted by Gasteiger charge is 2.11.